The van der Waals surface area contributed by atoms with Crippen LogP contribution in [0.25, 0.3) is 0 Å². The molecule has 0 unspecified atom stereocenters. The number of carbonyl (C=O) groups excluding carboxylic acids is 3. The molecule has 0 bridgehead atoms. The number of rotatable bonds is 6. The molecule has 7 nitrogen and oxygen atoms in total. The fraction of sp³-hybridized carbons (Fsp3) is 0.562. The molecule has 7 heteroatoms. The number of H-pyrrole nitrogens is 1. The summed E-state index contributed by atoms with van der Waals surface area (Å²) in [4.78, 5) is 38.0. The van der Waals surface area contributed by atoms with Crippen LogP contribution in [0.15, 0.2) is 6.20 Å². The monoisotopic (exact) mass is 325 g/mol. The van der Waals surface area contributed by atoms with Gasteiger partial charge in [0.2, 0.25) is 0 Å². The second kappa shape index (κ2) is 7.80. The highest BCUT2D eigenvalue weighted by Crippen LogP contribution is 2.21. The molecule has 1 rings (SSSR count). The van der Waals surface area contributed by atoms with Crippen molar-refractivity contribution in [2.24, 2.45) is 0 Å². The molecule has 0 saturated carbocycles. The number of ether oxygens (including phenoxy) is 3. The van der Waals surface area contributed by atoms with E-state index in [1.165, 1.54) is 14.2 Å². The van der Waals surface area contributed by atoms with Crippen LogP contribution in [0.4, 0.5) is 0 Å². The predicted octanol–water partition coefficient (Wildman–Crippen LogP) is 1.79. The third-order valence-electron chi connectivity index (χ3n) is 3.05. The van der Waals surface area contributed by atoms with Gasteiger partial charge in [-0.3, -0.25) is 9.59 Å². The second-order valence-electron chi connectivity index (χ2n) is 6.00. The van der Waals surface area contributed by atoms with E-state index in [-0.39, 0.29) is 25.0 Å². The molecule has 1 aromatic rings. The van der Waals surface area contributed by atoms with Crippen LogP contribution < -0.4 is 0 Å². The number of nitrogens with one attached hydrogen (secondary N) is 1. The lowest BCUT2D eigenvalue weighted by atomic mass is 10.0. The Kier molecular flexibility index (Phi) is 6.36. The standard InChI is InChI=1S/C16H23NO6/c1-16(2,3)23-15(20)14-11(6-7-12(18)21-4)10(9-17-14)8-13(19)22-5/h9,17H,6-8H2,1-5H3. The Labute approximate surface area is 135 Å². The molecule has 0 radical (unpaired) electrons. The maximum absolute atomic E-state index is 12.3. The molecule has 128 valence electrons. The summed E-state index contributed by atoms with van der Waals surface area (Å²) in [5.41, 5.74) is 0.754. The maximum Gasteiger partial charge on any atom is 0.355 e. The zero-order chi connectivity index (χ0) is 17.6. The van der Waals surface area contributed by atoms with Crippen LogP contribution >= 0.6 is 0 Å². The molecule has 0 aliphatic carbocycles. The van der Waals surface area contributed by atoms with E-state index in [2.05, 4.69) is 14.5 Å². The van der Waals surface area contributed by atoms with Crippen LogP contribution in [0.5, 0.6) is 0 Å². The summed E-state index contributed by atoms with van der Waals surface area (Å²) in [6.45, 7) is 5.28. The molecule has 0 atom stereocenters. The van der Waals surface area contributed by atoms with E-state index < -0.39 is 23.5 Å². The molecule has 0 fully saturated rings. The van der Waals surface area contributed by atoms with Gasteiger partial charge in [-0.1, -0.05) is 0 Å². The van der Waals surface area contributed by atoms with Gasteiger partial charge in [0, 0.05) is 12.6 Å². The molecule has 0 aliphatic rings. The van der Waals surface area contributed by atoms with Crippen molar-refractivity contribution in [1.29, 1.82) is 0 Å². The maximum atomic E-state index is 12.3. The first kappa shape index (κ1) is 18.7. The van der Waals surface area contributed by atoms with Gasteiger partial charge in [-0.2, -0.15) is 0 Å². The average molecular weight is 325 g/mol. The zero-order valence-corrected chi connectivity index (χ0v) is 14.1. The Morgan fingerprint density at radius 3 is 2.22 bits per heavy atom. The quantitative estimate of drug-likeness (QED) is 0.633. The molecule has 1 heterocycles. The fourth-order valence-corrected chi connectivity index (χ4v) is 2.01. The van der Waals surface area contributed by atoms with Gasteiger partial charge in [0.1, 0.15) is 11.3 Å². The fourth-order valence-electron chi connectivity index (χ4n) is 2.01. The van der Waals surface area contributed by atoms with Crippen molar-refractivity contribution in [2.75, 3.05) is 14.2 Å². The Hall–Kier alpha value is -2.31. The van der Waals surface area contributed by atoms with Crippen molar-refractivity contribution in [3.8, 4) is 0 Å². The van der Waals surface area contributed by atoms with Crippen molar-refractivity contribution in [1.82, 2.24) is 4.98 Å². The minimum absolute atomic E-state index is 0.00625. The van der Waals surface area contributed by atoms with Gasteiger partial charge in [0.15, 0.2) is 0 Å². The molecule has 0 amide bonds. The van der Waals surface area contributed by atoms with E-state index in [9.17, 15) is 14.4 Å². The van der Waals surface area contributed by atoms with Crippen LogP contribution in [0.2, 0.25) is 0 Å². The molecule has 23 heavy (non-hydrogen) atoms. The molecule has 1 aromatic heterocycles. The highest BCUT2D eigenvalue weighted by Gasteiger charge is 2.24. The lowest BCUT2D eigenvalue weighted by Crippen LogP contribution is -2.25. The first-order chi connectivity index (χ1) is 10.7. The first-order valence-corrected chi connectivity index (χ1v) is 7.24. The van der Waals surface area contributed by atoms with E-state index in [1.807, 2.05) is 0 Å². The Morgan fingerprint density at radius 1 is 1.09 bits per heavy atom. The normalized spacial score (nSPS) is 11.0. The van der Waals surface area contributed by atoms with Crippen LogP contribution in [0.3, 0.4) is 0 Å². The molecule has 0 saturated heterocycles. The van der Waals surface area contributed by atoms with Crippen molar-refractivity contribution >= 4 is 17.9 Å². The third-order valence-corrected chi connectivity index (χ3v) is 3.05. The van der Waals surface area contributed by atoms with Crippen molar-refractivity contribution < 1.29 is 28.6 Å². The lowest BCUT2D eigenvalue weighted by Gasteiger charge is -2.19. The van der Waals surface area contributed by atoms with Gasteiger partial charge < -0.3 is 19.2 Å². The number of hydrogen-bond acceptors (Lipinski definition) is 6. The summed E-state index contributed by atoms with van der Waals surface area (Å²) in [6.07, 6.45) is 1.92. The van der Waals surface area contributed by atoms with Crippen molar-refractivity contribution in [2.45, 2.75) is 45.6 Å². The number of esters is 3. The summed E-state index contributed by atoms with van der Waals surface area (Å²) < 4.78 is 14.6. The Bertz CT molecular complexity index is 582. The van der Waals surface area contributed by atoms with Crippen LogP contribution in [0, 0.1) is 0 Å². The van der Waals surface area contributed by atoms with Gasteiger partial charge in [-0.15, -0.1) is 0 Å². The van der Waals surface area contributed by atoms with E-state index in [0.717, 1.165) is 0 Å². The Balaban J connectivity index is 3.06. The van der Waals surface area contributed by atoms with Crippen LogP contribution in [0.1, 0.15) is 48.8 Å². The minimum atomic E-state index is -0.648. The van der Waals surface area contributed by atoms with E-state index in [0.29, 0.717) is 11.1 Å². The second-order valence-corrected chi connectivity index (χ2v) is 6.00. The minimum Gasteiger partial charge on any atom is -0.469 e. The van der Waals surface area contributed by atoms with E-state index in [4.69, 9.17) is 4.74 Å². The van der Waals surface area contributed by atoms with Gasteiger partial charge in [0.25, 0.3) is 0 Å². The number of methoxy groups -OCH3 is 2. The van der Waals surface area contributed by atoms with Crippen molar-refractivity contribution in [3.63, 3.8) is 0 Å². The van der Waals surface area contributed by atoms with Gasteiger partial charge in [-0.25, -0.2) is 4.79 Å². The molecular formula is C16H23NO6. The first-order valence-electron chi connectivity index (χ1n) is 7.24. The van der Waals surface area contributed by atoms with Crippen LogP contribution in [-0.2, 0) is 36.6 Å². The lowest BCUT2D eigenvalue weighted by molar-refractivity contribution is -0.140. The molecule has 1 N–H and O–H groups in total. The average Bonchev–Trinajstić information content (AvgIpc) is 2.85. The zero-order valence-electron chi connectivity index (χ0n) is 14.1. The van der Waals surface area contributed by atoms with Crippen molar-refractivity contribution in [3.05, 3.63) is 23.0 Å². The summed E-state index contributed by atoms with van der Waals surface area (Å²) in [7, 11) is 2.58. The highest BCUT2D eigenvalue weighted by atomic mass is 16.6. The summed E-state index contributed by atoms with van der Waals surface area (Å²) in [5.74, 6) is -1.36. The number of carbonyl (C=O) groups is 3. The Morgan fingerprint density at radius 2 is 1.70 bits per heavy atom. The van der Waals surface area contributed by atoms with E-state index in [1.54, 1.807) is 27.0 Å². The number of hydrogen-bond donors (Lipinski definition) is 1. The summed E-state index contributed by atoms with van der Waals surface area (Å²) in [5, 5.41) is 0. The smallest absolute Gasteiger partial charge is 0.355 e. The van der Waals surface area contributed by atoms with Gasteiger partial charge >= 0.3 is 17.9 Å². The topological polar surface area (TPSA) is 94.7 Å². The third kappa shape index (κ3) is 5.77. The van der Waals surface area contributed by atoms with Crippen LogP contribution in [-0.4, -0.2) is 42.7 Å². The van der Waals surface area contributed by atoms with Gasteiger partial charge in [0.05, 0.1) is 20.6 Å². The molecule has 0 aliphatic heterocycles. The molecular weight excluding hydrogens is 302 g/mol. The molecule has 0 aromatic carbocycles. The number of aromatic nitrogens is 1. The highest BCUT2D eigenvalue weighted by molar-refractivity contribution is 5.90. The van der Waals surface area contributed by atoms with Gasteiger partial charge in [-0.05, 0) is 38.3 Å². The SMILES string of the molecule is COC(=O)CCc1c(CC(=O)OC)c[nH]c1C(=O)OC(C)(C)C. The number of aromatic amines is 1. The largest absolute Gasteiger partial charge is 0.469 e. The summed E-state index contributed by atoms with van der Waals surface area (Å²) in [6, 6.07) is 0. The summed E-state index contributed by atoms with van der Waals surface area (Å²) >= 11 is 0. The van der Waals surface area contributed by atoms with E-state index >= 15 is 0 Å². The molecule has 0 spiro atoms. The predicted molar refractivity (Wildman–Crippen MR) is 82.0 cm³/mol.